The Bertz CT molecular complexity index is 248. The molecule has 0 nitrogen and oxygen atoms in total. The maximum Gasteiger partial charge on any atom is 0.0931 e. The fourth-order valence-corrected chi connectivity index (χ4v) is 3.50. The van der Waals surface area contributed by atoms with E-state index in [4.69, 9.17) is 23.2 Å². The van der Waals surface area contributed by atoms with Crippen LogP contribution in [-0.4, -0.2) is 11.1 Å². The van der Waals surface area contributed by atoms with Crippen LogP contribution in [0.15, 0.2) is 12.1 Å². The van der Waals surface area contributed by atoms with Gasteiger partial charge in [0.2, 0.25) is 0 Å². The average molecular weight is 255 g/mol. The van der Waals surface area contributed by atoms with Crippen LogP contribution in [0.4, 0.5) is 0 Å². The topological polar surface area (TPSA) is 0 Å². The summed E-state index contributed by atoms with van der Waals surface area (Å²) < 4.78 is 0.876. The van der Waals surface area contributed by atoms with Gasteiger partial charge in [-0.15, -0.1) is 22.9 Å². The van der Waals surface area contributed by atoms with Crippen molar-refractivity contribution < 1.29 is 0 Å². The van der Waals surface area contributed by atoms with Crippen LogP contribution in [0, 0.1) is 0 Å². The SMILES string of the molecule is CC(CCCl)SCc1ccc(Cl)s1. The summed E-state index contributed by atoms with van der Waals surface area (Å²) in [6.07, 6.45) is 1.07. The van der Waals surface area contributed by atoms with Crippen LogP contribution in [0.5, 0.6) is 0 Å². The summed E-state index contributed by atoms with van der Waals surface area (Å²) in [4.78, 5) is 1.34. The molecule has 74 valence electrons. The molecule has 0 aliphatic carbocycles. The molecule has 1 rings (SSSR count). The molecule has 0 radical (unpaired) electrons. The fraction of sp³-hybridized carbons (Fsp3) is 0.556. The molecule has 0 spiro atoms. The molecule has 1 unspecified atom stereocenters. The van der Waals surface area contributed by atoms with Crippen molar-refractivity contribution in [2.75, 3.05) is 5.88 Å². The van der Waals surface area contributed by atoms with E-state index in [0.717, 1.165) is 22.4 Å². The Kier molecular flexibility index (Phi) is 5.56. The zero-order valence-electron chi connectivity index (χ0n) is 7.43. The third-order valence-corrected chi connectivity index (χ3v) is 4.57. The number of rotatable bonds is 5. The van der Waals surface area contributed by atoms with E-state index >= 15 is 0 Å². The molecule has 0 saturated heterocycles. The number of alkyl halides is 1. The molecule has 0 amide bonds. The molecule has 0 bridgehead atoms. The largest absolute Gasteiger partial charge is 0.153 e. The van der Waals surface area contributed by atoms with E-state index in [9.17, 15) is 0 Å². The van der Waals surface area contributed by atoms with Crippen LogP contribution in [0.2, 0.25) is 4.34 Å². The Morgan fingerprint density at radius 2 is 2.31 bits per heavy atom. The van der Waals surface area contributed by atoms with Crippen molar-refractivity contribution in [1.82, 2.24) is 0 Å². The molecule has 0 fully saturated rings. The van der Waals surface area contributed by atoms with Crippen molar-refractivity contribution >= 4 is 46.3 Å². The Labute approximate surface area is 97.6 Å². The highest BCUT2D eigenvalue weighted by Gasteiger charge is 2.03. The Morgan fingerprint density at radius 1 is 1.54 bits per heavy atom. The van der Waals surface area contributed by atoms with Crippen molar-refractivity contribution in [2.24, 2.45) is 0 Å². The predicted octanol–water partition coefficient (Wildman–Crippen LogP) is 4.65. The normalized spacial score (nSPS) is 13.2. The Balaban J connectivity index is 2.26. The second-order valence-corrected chi connectivity index (χ2v) is 6.41. The maximum atomic E-state index is 5.83. The van der Waals surface area contributed by atoms with E-state index in [1.807, 2.05) is 17.8 Å². The quantitative estimate of drug-likeness (QED) is 0.690. The summed E-state index contributed by atoms with van der Waals surface area (Å²) in [6, 6.07) is 4.04. The first-order valence-electron chi connectivity index (χ1n) is 4.14. The van der Waals surface area contributed by atoms with Gasteiger partial charge >= 0.3 is 0 Å². The summed E-state index contributed by atoms with van der Waals surface area (Å²) in [5.41, 5.74) is 0. The third-order valence-electron chi connectivity index (χ3n) is 1.65. The number of thioether (sulfide) groups is 1. The Hall–Kier alpha value is 0.630. The standard InChI is InChI=1S/C9H12Cl2S2/c1-7(4-5-10)12-6-8-2-3-9(11)13-8/h2-3,7H,4-6H2,1H3. The van der Waals surface area contributed by atoms with Crippen molar-refractivity contribution in [3.8, 4) is 0 Å². The number of hydrogen-bond acceptors (Lipinski definition) is 2. The molecular formula is C9H12Cl2S2. The minimum atomic E-state index is 0.637. The van der Waals surface area contributed by atoms with Gasteiger partial charge in [0.15, 0.2) is 0 Å². The lowest BCUT2D eigenvalue weighted by atomic mass is 10.4. The van der Waals surface area contributed by atoms with Gasteiger partial charge in [0.1, 0.15) is 0 Å². The van der Waals surface area contributed by atoms with Gasteiger partial charge in [0.05, 0.1) is 4.34 Å². The van der Waals surface area contributed by atoms with Crippen LogP contribution < -0.4 is 0 Å². The molecule has 1 atom stereocenters. The lowest BCUT2D eigenvalue weighted by molar-refractivity contribution is 0.912. The van der Waals surface area contributed by atoms with Gasteiger partial charge in [0, 0.05) is 21.8 Å². The molecule has 0 saturated carbocycles. The second kappa shape index (κ2) is 6.18. The van der Waals surface area contributed by atoms with E-state index in [-0.39, 0.29) is 0 Å². The van der Waals surface area contributed by atoms with Gasteiger partial charge in [-0.2, -0.15) is 11.8 Å². The van der Waals surface area contributed by atoms with Crippen molar-refractivity contribution in [1.29, 1.82) is 0 Å². The van der Waals surface area contributed by atoms with Crippen LogP contribution in [0.25, 0.3) is 0 Å². The van der Waals surface area contributed by atoms with E-state index in [1.165, 1.54) is 4.88 Å². The van der Waals surface area contributed by atoms with Crippen LogP contribution in [-0.2, 0) is 5.75 Å². The van der Waals surface area contributed by atoms with E-state index in [2.05, 4.69) is 13.0 Å². The van der Waals surface area contributed by atoms with Gasteiger partial charge in [-0.1, -0.05) is 18.5 Å². The van der Waals surface area contributed by atoms with Crippen LogP contribution >= 0.6 is 46.3 Å². The maximum absolute atomic E-state index is 5.83. The summed E-state index contributed by atoms with van der Waals surface area (Å²) in [6.45, 7) is 2.21. The second-order valence-electron chi connectivity index (χ2n) is 2.81. The molecule has 1 aromatic heterocycles. The molecule has 13 heavy (non-hydrogen) atoms. The monoisotopic (exact) mass is 254 g/mol. The van der Waals surface area contributed by atoms with Gasteiger partial charge in [-0.25, -0.2) is 0 Å². The minimum absolute atomic E-state index is 0.637. The highest BCUT2D eigenvalue weighted by Crippen LogP contribution is 2.27. The van der Waals surface area contributed by atoms with E-state index < -0.39 is 0 Å². The number of halogens is 2. The molecule has 1 aromatic rings. The molecular weight excluding hydrogens is 243 g/mol. The first-order valence-corrected chi connectivity index (χ1v) is 6.92. The summed E-state index contributed by atoms with van der Waals surface area (Å²) in [7, 11) is 0. The summed E-state index contributed by atoms with van der Waals surface area (Å²) in [5.74, 6) is 1.80. The highest BCUT2D eigenvalue weighted by molar-refractivity contribution is 7.99. The molecule has 0 aliphatic heterocycles. The van der Waals surface area contributed by atoms with Crippen LogP contribution in [0.3, 0.4) is 0 Å². The fourth-order valence-electron chi connectivity index (χ4n) is 0.891. The molecule has 0 aliphatic rings. The average Bonchev–Trinajstić information content (AvgIpc) is 2.49. The highest BCUT2D eigenvalue weighted by atomic mass is 35.5. The Morgan fingerprint density at radius 3 is 2.85 bits per heavy atom. The van der Waals surface area contributed by atoms with E-state index in [1.54, 1.807) is 11.3 Å². The van der Waals surface area contributed by atoms with Gasteiger partial charge in [-0.3, -0.25) is 0 Å². The van der Waals surface area contributed by atoms with Crippen molar-refractivity contribution in [3.05, 3.63) is 21.3 Å². The van der Waals surface area contributed by atoms with Crippen molar-refractivity contribution in [2.45, 2.75) is 24.3 Å². The molecule has 4 heteroatoms. The van der Waals surface area contributed by atoms with Crippen LogP contribution in [0.1, 0.15) is 18.2 Å². The predicted molar refractivity (Wildman–Crippen MR) is 65.4 cm³/mol. The van der Waals surface area contributed by atoms with Gasteiger partial charge < -0.3 is 0 Å². The molecule has 0 N–H and O–H groups in total. The third kappa shape index (κ3) is 4.59. The first-order chi connectivity index (χ1) is 6.22. The van der Waals surface area contributed by atoms with Crippen molar-refractivity contribution in [3.63, 3.8) is 0 Å². The zero-order chi connectivity index (χ0) is 9.68. The van der Waals surface area contributed by atoms with E-state index in [0.29, 0.717) is 5.25 Å². The smallest absolute Gasteiger partial charge is 0.0931 e. The lowest BCUT2D eigenvalue weighted by Crippen LogP contribution is -1.96. The first kappa shape index (κ1) is 11.7. The summed E-state index contributed by atoms with van der Waals surface area (Å²) in [5, 5.41) is 0.637. The molecule has 1 heterocycles. The number of thiophene rings is 1. The minimum Gasteiger partial charge on any atom is -0.153 e. The lowest BCUT2D eigenvalue weighted by Gasteiger charge is -2.07. The summed E-state index contributed by atoms with van der Waals surface area (Å²) >= 11 is 15.1. The molecule has 0 aromatic carbocycles. The van der Waals surface area contributed by atoms with Gasteiger partial charge in [0.25, 0.3) is 0 Å². The number of hydrogen-bond donors (Lipinski definition) is 0. The van der Waals surface area contributed by atoms with Gasteiger partial charge in [-0.05, 0) is 18.6 Å². The zero-order valence-corrected chi connectivity index (χ0v) is 10.6.